The van der Waals surface area contributed by atoms with E-state index in [9.17, 15) is 4.79 Å². The first-order valence-corrected chi connectivity index (χ1v) is 9.69. The molecule has 1 aromatic carbocycles. The van der Waals surface area contributed by atoms with E-state index in [2.05, 4.69) is 37.9 Å². The quantitative estimate of drug-likeness (QED) is 0.829. The zero-order valence-electron chi connectivity index (χ0n) is 15.0. The smallest absolute Gasteiger partial charge is 0.225 e. The number of hydrogen-bond donors (Lipinski definition) is 0. The standard InChI is InChI=1S/C19H27N3OS/c1-13-9-11-17(12-10-13)22(15(3)23)18-14(2)24-19(21(18)4)20-16-7-5-6-8-16/h9-12,14,16,18H,5-8H2,1-4H3. The third-order valence-electron chi connectivity index (χ3n) is 4.94. The number of benzene rings is 1. The van der Waals surface area contributed by atoms with Gasteiger partial charge in [-0.15, -0.1) is 0 Å². The third kappa shape index (κ3) is 3.46. The van der Waals surface area contributed by atoms with Crippen molar-refractivity contribution in [2.24, 2.45) is 4.99 Å². The van der Waals surface area contributed by atoms with Crippen molar-refractivity contribution >= 4 is 28.5 Å². The summed E-state index contributed by atoms with van der Waals surface area (Å²) in [6.45, 7) is 5.90. The van der Waals surface area contributed by atoms with Crippen LogP contribution in [-0.4, -0.2) is 40.5 Å². The number of carbonyl (C=O) groups is 1. The van der Waals surface area contributed by atoms with E-state index in [1.54, 1.807) is 18.7 Å². The number of amides is 1. The number of anilines is 1. The molecule has 1 saturated heterocycles. The van der Waals surface area contributed by atoms with Gasteiger partial charge in [0.1, 0.15) is 6.17 Å². The van der Waals surface area contributed by atoms with E-state index in [4.69, 9.17) is 4.99 Å². The number of amidine groups is 1. The Labute approximate surface area is 149 Å². The maximum absolute atomic E-state index is 12.4. The van der Waals surface area contributed by atoms with E-state index in [-0.39, 0.29) is 12.1 Å². The van der Waals surface area contributed by atoms with Gasteiger partial charge in [-0.25, -0.2) is 0 Å². The van der Waals surface area contributed by atoms with Crippen LogP contribution in [-0.2, 0) is 4.79 Å². The lowest BCUT2D eigenvalue weighted by molar-refractivity contribution is -0.117. The number of aryl methyl sites for hydroxylation is 1. The van der Waals surface area contributed by atoms with Gasteiger partial charge in [0.2, 0.25) is 5.91 Å². The molecular formula is C19H27N3OS. The van der Waals surface area contributed by atoms with E-state index in [1.807, 2.05) is 17.0 Å². The van der Waals surface area contributed by atoms with Crippen molar-refractivity contribution < 1.29 is 4.79 Å². The highest BCUT2D eigenvalue weighted by Crippen LogP contribution is 2.36. The zero-order chi connectivity index (χ0) is 17.3. The summed E-state index contributed by atoms with van der Waals surface area (Å²) in [5.41, 5.74) is 2.16. The molecule has 2 aliphatic rings. The highest BCUT2D eigenvalue weighted by Gasteiger charge is 2.40. The summed E-state index contributed by atoms with van der Waals surface area (Å²) in [6.07, 6.45) is 4.99. The molecule has 24 heavy (non-hydrogen) atoms. The van der Waals surface area contributed by atoms with Crippen molar-refractivity contribution in [1.82, 2.24) is 4.90 Å². The summed E-state index contributed by atoms with van der Waals surface area (Å²) in [5, 5.41) is 1.37. The lowest BCUT2D eigenvalue weighted by atomic mass is 10.2. The van der Waals surface area contributed by atoms with Crippen LogP contribution in [0.4, 0.5) is 5.69 Å². The molecule has 5 heteroatoms. The second kappa shape index (κ2) is 7.18. The number of rotatable bonds is 3. The summed E-state index contributed by atoms with van der Waals surface area (Å²) >= 11 is 1.79. The minimum atomic E-state index is 0.00959. The minimum Gasteiger partial charge on any atom is -0.333 e. The Balaban J connectivity index is 1.87. The fourth-order valence-corrected chi connectivity index (χ4v) is 4.90. The summed E-state index contributed by atoms with van der Waals surface area (Å²) in [7, 11) is 2.07. The second-order valence-corrected chi connectivity index (χ2v) is 8.27. The summed E-state index contributed by atoms with van der Waals surface area (Å²) < 4.78 is 0. The molecule has 0 spiro atoms. The number of hydrogen-bond acceptors (Lipinski definition) is 3. The van der Waals surface area contributed by atoms with Gasteiger partial charge >= 0.3 is 0 Å². The molecule has 1 heterocycles. The Kier molecular flexibility index (Phi) is 5.18. The maximum Gasteiger partial charge on any atom is 0.225 e. The van der Waals surface area contributed by atoms with E-state index < -0.39 is 0 Å². The van der Waals surface area contributed by atoms with Gasteiger partial charge in [0, 0.05) is 24.9 Å². The van der Waals surface area contributed by atoms with Crippen molar-refractivity contribution in [3.05, 3.63) is 29.8 Å². The van der Waals surface area contributed by atoms with Gasteiger partial charge in [0.05, 0.1) is 6.04 Å². The van der Waals surface area contributed by atoms with Gasteiger partial charge in [-0.3, -0.25) is 14.7 Å². The first-order valence-electron chi connectivity index (χ1n) is 8.81. The molecule has 1 aromatic rings. The molecule has 1 saturated carbocycles. The molecule has 2 unspecified atom stereocenters. The average Bonchev–Trinajstić information content (AvgIpc) is 3.13. The summed E-state index contributed by atoms with van der Waals surface area (Å²) in [6, 6.07) is 8.66. The van der Waals surface area contributed by atoms with Crippen LogP contribution in [0.3, 0.4) is 0 Å². The molecule has 2 fully saturated rings. The SMILES string of the molecule is CC(=O)N(c1ccc(C)cc1)C1C(C)SC(=NC2CCCC2)N1C. The first kappa shape index (κ1) is 17.3. The molecule has 130 valence electrons. The predicted octanol–water partition coefficient (Wildman–Crippen LogP) is 4.04. The predicted molar refractivity (Wildman–Crippen MR) is 103 cm³/mol. The van der Waals surface area contributed by atoms with Gasteiger partial charge in [0.15, 0.2) is 5.17 Å². The number of carbonyl (C=O) groups excluding carboxylic acids is 1. The fourth-order valence-electron chi connectivity index (χ4n) is 3.66. The average molecular weight is 346 g/mol. The number of thioether (sulfide) groups is 1. The van der Waals surface area contributed by atoms with Crippen LogP contribution in [0.25, 0.3) is 0 Å². The van der Waals surface area contributed by atoms with Crippen molar-refractivity contribution in [2.75, 3.05) is 11.9 Å². The van der Waals surface area contributed by atoms with Gasteiger partial charge in [-0.05, 0) is 38.8 Å². The van der Waals surface area contributed by atoms with Crippen LogP contribution < -0.4 is 4.90 Å². The molecule has 0 aromatic heterocycles. The molecule has 1 amide bonds. The lowest BCUT2D eigenvalue weighted by Crippen LogP contribution is -2.50. The molecule has 1 aliphatic carbocycles. The van der Waals surface area contributed by atoms with Crippen LogP contribution in [0, 0.1) is 6.92 Å². The molecule has 4 nitrogen and oxygen atoms in total. The Hall–Kier alpha value is -1.49. The van der Waals surface area contributed by atoms with Gasteiger partial charge < -0.3 is 4.90 Å². The molecule has 2 atom stereocenters. The van der Waals surface area contributed by atoms with Crippen molar-refractivity contribution in [2.45, 2.75) is 63.9 Å². The molecular weight excluding hydrogens is 318 g/mol. The van der Waals surface area contributed by atoms with Crippen LogP contribution in [0.2, 0.25) is 0 Å². The van der Waals surface area contributed by atoms with Crippen molar-refractivity contribution in [1.29, 1.82) is 0 Å². The van der Waals surface area contributed by atoms with Crippen LogP contribution in [0.15, 0.2) is 29.3 Å². The largest absolute Gasteiger partial charge is 0.333 e. The molecule has 3 rings (SSSR count). The minimum absolute atomic E-state index is 0.00959. The van der Waals surface area contributed by atoms with Crippen molar-refractivity contribution in [3.8, 4) is 0 Å². The zero-order valence-corrected chi connectivity index (χ0v) is 15.8. The Morgan fingerprint density at radius 2 is 1.88 bits per heavy atom. The number of aliphatic imine (C=N–C) groups is 1. The lowest BCUT2D eigenvalue weighted by Gasteiger charge is -2.35. The monoisotopic (exact) mass is 345 g/mol. The van der Waals surface area contributed by atoms with Gasteiger partial charge in [0.25, 0.3) is 0 Å². The first-order chi connectivity index (χ1) is 11.5. The normalized spacial score (nSPS) is 26.3. The number of nitrogens with zero attached hydrogens (tertiary/aromatic N) is 3. The van der Waals surface area contributed by atoms with E-state index in [1.165, 1.54) is 31.2 Å². The van der Waals surface area contributed by atoms with Crippen LogP contribution >= 0.6 is 11.8 Å². The summed E-state index contributed by atoms with van der Waals surface area (Å²) in [5.74, 6) is 0.0743. The second-order valence-electron chi connectivity index (χ2n) is 6.92. The molecule has 1 aliphatic heterocycles. The molecule has 0 radical (unpaired) electrons. The van der Waals surface area contributed by atoms with Crippen LogP contribution in [0.5, 0.6) is 0 Å². The van der Waals surface area contributed by atoms with Crippen molar-refractivity contribution in [3.63, 3.8) is 0 Å². The van der Waals surface area contributed by atoms with Gasteiger partial charge in [-0.1, -0.05) is 42.3 Å². The Morgan fingerprint density at radius 1 is 1.25 bits per heavy atom. The van der Waals surface area contributed by atoms with E-state index >= 15 is 0 Å². The highest BCUT2D eigenvalue weighted by molar-refractivity contribution is 8.14. The van der Waals surface area contributed by atoms with Gasteiger partial charge in [-0.2, -0.15) is 0 Å². The topological polar surface area (TPSA) is 35.9 Å². The Bertz CT molecular complexity index is 622. The highest BCUT2D eigenvalue weighted by atomic mass is 32.2. The van der Waals surface area contributed by atoms with E-state index in [0.717, 1.165) is 10.9 Å². The summed E-state index contributed by atoms with van der Waals surface area (Å²) in [4.78, 5) is 21.5. The molecule has 0 bridgehead atoms. The third-order valence-corrected chi connectivity index (χ3v) is 6.16. The Morgan fingerprint density at radius 3 is 2.46 bits per heavy atom. The maximum atomic E-state index is 12.4. The molecule has 0 N–H and O–H groups in total. The van der Waals surface area contributed by atoms with E-state index in [0.29, 0.717) is 11.3 Å². The fraction of sp³-hybridized carbons (Fsp3) is 0.579. The van der Waals surface area contributed by atoms with Crippen LogP contribution in [0.1, 0.15) is 45.1 Å².